The van der Waals surface area contributed by atoms with E-state index in [-0.39, 0.29) is 11.7 Å². The van der Waals surface area contributed by atoms with E-state index in [9.17, 15) is 4.79 Å². The molecule has 1 fully saturated rings. The number of morpholine rings is 1. The summed E-state index contributed by atoms with van der Waals surface area (Å²) in [7, 11) is 1.56. The second kappa shape index (κ2) is 7.23. The number of fused-ring (bicyclic) bond motifs is 1. The van der Waals surface area contributed by atoms with Crippen LogP contribution in [-0.4, -0.2) is 59.4 Å². The zero-order valence-electron chi connectivity index (χ0n) is 15.2. The fourth-order valence-electron chi connectivity index (χ4n) is 2.92. The van der Waals surface area contributed by atoms with Crippen molar-refractivity contribution in [3.8, 4) is 0 Å². The molecule has 4 rings (SSSR count). The van der Waals surface area contributed by atoms with Crippen LogP contribution >= 0.6 is 0 Å². The van der Waals surface area contributed by atoms with Gasteiger partial charge in [-0.3, -0.25) is 9.89 Å². The largest absolute Gasteiger partial charge is 0.445 e. The Kier molecular flexibility index (Phi) is 4.63. The van der Waals surface area contributed by atoms with E-state index in [0.717, 1.165) is 12.1 Å². The first kappa shape index (κ1) is 17.3. The van der Waals surface area contributed by atoms with Crippen molar-refractivity contribution in [3.63, 3.8) is 0 Å². The van der Waals surface area contributed by atoms with E-state index >= 15 is 0 Å². The Hall–Kier alpha value is -3.14. The van der Waals surface area contributed by atoms with Crippen molar-refractivity contribution in [2.24, 2.45) is 0 Å². The molecule has 1 aliphatic heterocycles. The molecule has 142 valence electrons. The maximum absolute atomic E-state index is 12.0. The summed E-state index contributed by atoms with van der Waals surface area (Å²) in [6.07, 6.45) is 0.852. The number of aromatic amines is 1. The Balaban J connectivity index is 1.75. The number of H-pyrrole nitrogens is 1. The molecule has 10 nitrogen and oxygen atoms in total. The number of hydrogen-bond acceptors (Lipinski definition) is 8. The molecule has 0 saturated carbocycles. The van der Waals surface area contributed by atoms with E-state index in [0.29, 0.717) is 55.0 Å². The molecule has 3 aromatic rings. The molecule has 0 radical (unpaired) electrons. The number of aromatic nitrogens is 4. The monoisotopic (exact) mass is 371 g/mol. The van der Waals surface area contributed by atoms with Gasteiger partial charge in [0.2, 0.25) is 5.95 Å². The number of furan rings is 1. The molecule has 4 heterocycles. The molecule has 0 atom stereocenters. The number of carbonyl (C=O) groups excluding carboxylic acids is 1. The molecular weight excluding hydrogens is 350 g/mol. The summed E-state index contributed by atoms with van der Waals surface area (Å²) in [6.45, 7) is 4.63. The molecule has 1 aliphatic rings. The van der Waals surface area contributed by atoms with Gasteiger partial charge in [0.25, 0.3) is 5.91 Å². The Labute approximate surface area is 155 Å². The summed E-state index contributed by atoms with van der Waals surface area (Å²) in [6, 6.07) is 3.53. The van der Waals surface area contributed by atoms with Crippen molar-refractivity contribution in [3.05, 3.63) is 23.6 Å². The number of hydrogen-bond donors (Lipinski definition) is 3. The summed E-state index contributed by atoms with van der Waals surface area (Å²) >= 11 is 0. The van der Waals surface area contributed by atoms with E-state index in [1.807, 2.05) is 13.0 Å². The summed E-state index contributed by atoms with van der Waals surface area (Å²) in [5.41, 5.74) is 2.05. The van der Waals surface area contributed by atoms with Gasteiger partial charge >= 0.3 is 0 Å². The van der Waals surface area contributed by atoms with Gasteiger partial charge in [0.1, 0.15) is 5.52 Å². The average molecular weight is 371 g/mol. The molecule has 10 heteroatoms. The number of nitrogens with one attached hydrogen (secondary N) is 3. The first-order valence-corrected chi connectivity index (χ1v) is 8.85. The molecule has 1 amide bonds. The minimum atomic E-state index is -0.310. The number of ether oxygens (including phenoxy) is 1. The standard InChI is InChI=1S/C17H21N7O3/c1-3-10-8-13(23-22-10)20-17-19-11-9-12(16(25)18-2)27-14(11)15(21-17)24-4-6-26-7-5-24/h8-9H,3-7H2,1-2H3,(H,18,25)(H2,19,20,21,22,23). The van der Waals surface area contributed by atoms with Crippen LogP contribution in [0.5, 0.6) is 0 Å². The summed E-state index contributed by atoms with van der Waals surface area (Å²) < 4.78 is 11.2. The number of aryl methyl sites for hydroxylation is 1. The summed E-state index contributed by atoms with van der Waals surface area (Å²) in [5, 5.41) is 12.8. The zero-order chi connectivity index (χ0) is 18.8. The van der Waals surface area contributed by atoms with Crippen LogP contribution in [0, 0.1) is 0 Å². The van der Waals surface area contributed by atoms with Crippen LogP contribution in [0.2, 0.25) is 0 Å². The topological polar surface area (TPSA) is 121 Å². The Bertz CT molecular complexity index is 959. The van der Waals surface area contributed by atoms with Crippen LogP contribution in [0.3, 0.4) is 0 Å². The van der Waals surface area contributed by atoms with E-state index in [1.54, 1.807) is 13.1 Å². The van der Waals surface area contributed by atoms with E-state index in [4.69, 9.17) is 9.15 Å². The molecule has 3 aromatic heterocycles. The zero-order valence-corrected chi connectivity index (χ0v) is 15.2. The van der Waals surface area contributed by atoms with Crippen molar-refractivity contribution < 1.29 is 13.9 Å². The predicted molar refractivity (Wildman–Crippen MR) is 99.5 cm³/mol. The first-order valence-electron chi connectivity index (χ1n) is 8.85. The molecule has 0 aromatic carbocycles. The van der Waals surface area contributed by atoms with Gasteiger partial charge in [-0.2, -0.15) is 10.1 Å². The Morgan fingerprint density at radius 2 is 2.11 bits per heavy atom. The molecule has 1 saturated heterocycles. The Morgan fingerprint density at radius 1 is 1.30 bits per heavy atom. The van der Waals surface area contributed by atoms with Gasteiger partial charge in [-0.05, 0) is 6.42 Å². The normalized spacial score (nSPS) is 14.5. The van der Waals surface area contributed by atoms with Gasteiger partial charge in [-0.15, -0.1) is 0 Å². The van der Waals surface area contributed by atoms with E-state index in [2.05, 4.69) is 35.7 Å². The van der Waals surface area contributed by atoms with Gasteiger partial charge < -0.3 is 24.7 Å². The van der Waals surface area contributed by atoms with Crippen molar-refractivity contribution in [1.82, 2.24) is 25.5 Å². The molecule has 0 aliphatic carbocycles. The molecule has 27 heavy (non-hydrogen) atoms. The van der Waals surface area contributed by atoms with Crippen molar-refractivity contribution in [2.45, 2.75) is 13.3 Å². The van der Waals surface area contributed by atoms with Crippen LogP contribution in [0.4, 0.5) is 17.6 Å². The summed E-state index contributed by atoms with van der Waals surface area (Å²) in [5.74, 6) is 1.54. The smallest absolute Gasteiger partial charge is 0.286 e. The van der Waals surface area contributed by atoms with E-state index < -0.39 is 0 Å². The fourth-order valence-corrected chi connectivity index (χ4v) is 2.92. The highest BCUT2D eigenvalue weighted by Gasteiger charge is 2.22. The van der Waals surface area contributed by atoms with Crippen LogP contribution in [0.15, 0.2) is 16.5 Å². The molecule has 0 bridgehead atoms. The third-order valence-electron chi connectivity index (χ3n) is 4.37. The lowest BCUT2D eigenvalue weighted by molar-refractivity contribution is 0.0937. The second-order valence-electron chi connectivity index (χ2n) is 6.13. The first-order chi connectivity index (χ1) is 13.2. The third-order valence-corrected chi connectivity index (χ3v) is 4.37. The van der Waals surface area contributed by atoms with Crippen LogP contribution in [-0.2, 0) is 11.2 Å². The highest BCUT2D eigenvalue weighted by atomic mass is 16.5. The maximum Gasteiger partial charge on any atom is 0.286 e. The lowest BCUT2D eigenvalue weighted by atomic mass is 10.3. The third kappa shape index (κ3) is 3.43. The quantitative estimate of drug-likeness (QED) is 0.616. The number of rotatable bonds is 5. The van der Waals surface area contributed by atoms with Gasteiger partial charge in [0, 0.05) is 38.0 Å². The second-order valence-corrected chi connectivity index (χ2v) is 6.13. The number of amides is 1. The fraction of sp³-hybridized carbons (Fsp3) is 0.412. The lowest BCUT2D eigenvalue weighted by Gasteiger charge is -2.27. The van der Waals surface area contributed by atoms with E-state index in [1.165, 1.54) is 0 Å². The van der Waals surface area contributed by atoms with Gasteiger partial charge in [0.05, 0.1) is 13.2 Å². The van der Waals surface area contributed by atoms with Crippen molar-refractivity contribution >= 4 is 34.6 Å². The minimum absolute atomic E-state index is 0.196. The highest BCUT2D eigenvalue weighted by molar-refractivity contribution is 5.97. The van der Waals surface area contributed by atoms with Gasteiger partial charge in [-0.25, -0.2) is 4.98 Å². The average Bonchev–Trinajstić information content (AvgIpc) is 3.34. The van der Waals surface area contributed by atoms with Crippen molar-refractivity contribution in [1.29, 1.82) is 0 Å². The predicted octanol–water partition coefficient (Wildman–Crippen LogP) is 1.45. The SMILES string of the molecule is CCc1cc(Nc2nc(N3CCOCC3)c3oc(C(=O)NC)cc3n2)n[nH]1. The molecule has 0 unspecified atom stereocenters. The molecular formula is C17H21N7O3. The number of nitrogens with zero attached hydrogens (tertiary/aromatic N) is 4. The molecule has 3 N–H and O–H groups in total. The van der Waals surface area contributed by atoms with Crippen molar-refractivity contribution in [2.75, 3.05) is 43.6 Å². The number of anilines is 3. The molecule has 0 spiro atoms. The van der Waals surface area contributed by atoms with Crippen LogP contribution in [0.25, 0.3) is 11.1 Å². The van der Waals surface area contributed by atoms with Crippen LogP contribution < -0.4 is 15.5 Å². The van der Waals surface area contributed by atoms with Gasteiger partial charge in [0.15, 0.2) is 23.0 Å². The minimum Gasteiger partial charge on any atom is -0.445 e. The maximum atomic E-state index is 12.0. The lowest BCUT2D eigenvalue weighted by Crippen LogP contribution is -2.37. The summed E-state index contributed by atoms with van der Waals surface area (Å²) in [4.78, 5) is 23.1. The Morgan fingerprint density at radius 3 is 2.81 bits per heavy atom. The van der Waals surface area contributed by atoms with Gasteiger partial charge in [-0.1, -0.05) is 6.92 Å². The van der Waals surface area contributed by atoms with Crippen LogP contribution in [0.1, 0.15) is 23.2 Å². The highest BCUT2D eigenvalue weighted by Crippen LogP contribution is 2.29. The number of carbonyl (C=O) groups is 1.